The number of rotatable bonds is 10. The molecule has 0 saturated carbocycles. The van der Waals surface area contributed by atoms with Crippen molar-refractivity contribution in [3.8, 4) is 135 Å². The van der Waals surface area contributed by atoms with Crippen molar-refractivity contribution >= 4 is 43.1 Å². The summed E-state index contributed by atoms with van der Waals surface area (Å²) >= 11 is 0. The Labute approximate surface area is 618 Å². The normalized spacial score (nSPS) is 12.9. The molecule has 2 aromatic heterocycles. The molecule has 0 unspecified atom stereocenters. The minimum absolute atomic E-state index is 0.260. The second-order valence-electron chi connectivity index (χ2n) is 29.0. The highest BCUT2D eigenvalue weighted by Gasteiger charge is 2.42. The minimum Gasteiger partial charge on any atom is -0.228 e. The van der Waals surface area contributed by atoms with Gasteiger partial charge in [0.25, 0.3) is 0 Å². The van der Waals surface area contributed by atoms with Gasteiger partial charge in [0.15, 0.2) is 11.6 Å². The van der Waals surface area contributed by atoms with Crippen molar-refractivity contribution in [1.29, 1.82) is 0 Å². The van der Waals surface area contributed by atoms with E-state index in [1.165, 1.54) is 143 Å². The van der Waals surface area contributed by atoms with Crippen LogP contribution in [0.4, 0.5) is 0 Å². The molecule has 106 heavy (non-hydrogen) atoms. The van der Waals surface area contributed by atoms with E-state index in [2.05, 4.69) is 380 Å². The minimum atomic E-state index is -0.326. The van der Waals surface area contributed by atoms with Crippen LogP contribution in [0.2, 0.25) is 0 Å². The number of fused-ring (bicyclic) bond motifs is 10. The Balaban J connectivity index is 0.000000145. The molecule has 20 rings (SSSR count). The second kappa shape index (κ2) is 25.9. The van der Waals surface area contributed by atoms with Gasteiger partial charge in [0, 0.05) is 55.3 Å². The third-order valence-electron chi connectivity index (χ3n) is 22.1. The maximum absolute atomic E-state index is 5.39. The summed E-state index contributed by atoms with van der Waals surface area (Å²) in [6.07, 6.45) is 0. The highest BCUT2D eigenvalue weighted by Crippen LogP contribution is 2.56. The molecule has 0 N–H and O–H groups in total. The van der Waals surface area contributed by atoms with E-state index in [1.54, 1.807) is 0 Å². The van der Waals surface area contributed by atoms with Gasteiger partial charge in [-0.15, -0.1) is 0 Å². The van der Waals surface area contributed by atoms with Crippen molar-refractivity contribution in [2.45, 2.75) is 38.5 Å². The smallest absolute Gasteiger partial charge is 0.160 e. The molecule has 2 aliphatic rings. The van der Waals surface area contributed by atoms with Gasteiger partial charge in [-0.25, -0.2) is 19.9 Å². The van der Waals surface area contributed by atoms with Gasteiger partial charge in [0.05, 0.1) is 22.8 Å². The molecule has 0 amide bonds. The Hall–Kier alpha value is -13.3. The van der Waals surface area contributed by atoms with Crippen molar-refractivity contribution in [3.05, 3.63) is 386 Å². The highest BCUT2D eigenvalue weighted by atomic mass is 14.9. The summed E-state index contributed by atoms with van der Waals surface area (Å²) in [6.45, 7) is 9.28. The first-order valence-corrected chi connectivity index (χ1v) is 36.7. The molecule has 4 heteroatoms. The quantitative estimate of drug-likeness (QED) is 0.128. The van der Waals surface area contributed by atoms with Crippen LogP contribution in [-0.2, 0) is 10.8 Å². The van der Waals surface area contributed by atoms with Crippen molar-refractivity contribution in [1.82, 2.24) is 19.9 Å². The van der Waals surface area contributed by atoms with Crippen molar-refractivity contribution in [2.24, 2.45) is 0 Å². The number of hydrogen-bond acceptors (Lipinski definition) is 4. The third kappa shape index (κ3) is 10.7. The molecule has 0 aliphatic heterocycles. The van der Waals surface area contributed by atoms with Gasteiger partial charge in [-0.2, -0.15) is 0 Å². The van der Waals surface area contributed by atoms with E-state index in [9.17, 15) is 0 Å². The summed E-state index contributed by atoms with van der Waals surface area (Å²) in [4.78, 5) is 21.2. The van der Waals surface area contributed by atoms with Crippen molar-refractivity contribution in [3.63, 3.8) is 0 Å². The first-order valence-electron chi connectivity index (χ1n) is 36.7. The monoisotopic (exact) mass is 1350 g/mol. The summed E-state index contributed by atoms with van der Waals surface area (Å²) in [7, 11) is 0. The standard InChI is InChI=1S/2C51H36N2/c1-51(2)44-32-38(30-31-43(44)49-47(51)48(36-18-8-4-9-19-36)52-50(53-49)37-20-10-5-11-21-37)46-41-24-14-12-22-39(41)45(40-23-13-15-25-42(40)46)35-28-26-34(27-29-35)33-16-6-3-7-17-33;1-51(2)44-27-14-13-26-43(44)49-47(51)48(52-50(53-49)36-18-7-4-8-19-36)38-21-15-20-37(32-38)46-41-24-11-9-22-39(41)45(40-23-10-12-25-42(40)46)35-30-28-34(29-31-35)33-16-5-3-6-17-33/h2*3-32H,1-2H3. The zero-order valence-electron chi connectivity index (χ0n) is 59.4. The Bertz CT molecular complexity index is 6330. The molecule has 18 aromatic rings. The van der Waals surface area contributed by atoms with E-state index in [4.69, 9.17) is 19.9 Å². The molecule has 500 valence electrons. The highest BCUT2D eigenvalue weighted by molar-refractivity contribution is 6.23. The van der Waals surface area contributed by atoms with Gasteiger partial charge in [-0.1, -0.05) is 380 Å². The van der Waals surface area contributed by atoms with Crippen LogP contribution in [0.15, 0.2) is 364 Å². The Morgan fingerprint density at radius 3 is 0.858 bits per heavy atom. The lowest BCUT2D eigenvalue weighted by Gasteiger charge is -2.24. The summed E-state index contributed by atoms with van der Waals surface area (Å²) in [6, 6.07) is 131. The molecule has 16 aromatic carbocycles. The lowest BCUT2D eigenvalue weighted by atomic mass is 9.79. The Kier molecular flexibility index (Phi) is 15.5. The van der Waals surface area contributed by atoms with Crippen molar-refractivity contribution in [2.75, 3.05) is 0 Å². The summed E-state index contributed by atoms with van der Waals surface area (Å²) in [5.41, 5.74) is 29.7. The van der Waals surface area contributed by atoms with Crippen LogP contribution < -0.4 is 0 Å². The van der Waals surface area contributed by atoms with Gasteiger partial charge >= 0.3 is 0 Å². The van der Waals surface area contributed by atoms with Crippen LogP contribution in [0.25, 0.3) is 178 Å². The first kappa shape index (κ1) is 63.6. The second-order valence-corrected chi connectivity index (χ2v) is 29.0. The summed E-state index contributed by atoms with van der Waals surface area (Å²) < 4.78 is 0. The number of nitrogens with zero attached hydrogens (tertiary/aromatic N) is 4. The lowest BCUT2D eigenvalue weighted by molar-refractivity contribution is 0.657. The van der Waals surface area contributed by atoms with E-state index in [1.807, 2.05) is 12.1 Å². The SMILES string of the molecule is CC1(C)c2cc(-c3c4ccccc4c(-c4ccc(-c5ccccc5)cc4)c4ccccc34)ccc2-c2nc(-c3ccccc3)nc(-c3ccccc3)c21.CC1(C)c2ccccc2-c2nc(-c3ccccc3)nc(-c3cccc(-c4c5ccccc5c(-c5ccc(-c6ccccc6)cc5)c5ccccc45)c3)c21. The summed E-state index contributed by atoms with van der Waals surface area (Å²) in [5.74, 6) is 1.50. The zero-order valence-corrected chi connectivity index (χ0v) is 59.4. The van der Waals surface area contributed by atoms with E-state index < -0.39 is 0 Å². The van der Waals surface area contributed by atoms with Crippen LogP contribution in [0.1, 0.15) is 49.9 Å². The molecule has 0 spiro atoms. The zero-order chi connectivity index (χ0) is 71.0. The largest absolute Gasteiger partial charge is 0.228 e. The Morgan fingerprint density at radius 1 is 0.179 bits per heavy atom. The fourth-order valence-electron chi connectivity index (χ4n) is 17.1. The molecule has 0 atom stereocenters. The number of aromatic nitrogens is 4. The van der Waals surface area contributed by atoms with Gasteiger partial charge in [-0.05, 0) is 133 Å². The predicted molar refractivity (Wildman–Crippen MR) is 444 cm³/mol. The fourth-order valence-corrected chi connectivity index (χ4v) is 17.1. The van der Waals surface area contributed by atoms with E-state index in [0.717, 1.165) is 56.7 Å². The molecular formula is C102H72N4. The average molecular weight is 1350 g/mol. The number of hydrogen-bond donors (Lipinski definition) is 0. The van der Waals surface area contributed by atoms with Gasteiger partial charge in [0.2, 0.25) is 0 Å². The molecular weight excluding hydrogens is 1280 g/mol. The van der Waals surface area contributed by atoms with Crippen LogP contribution >= 0.6 is 0 Å². The summed E-state index contributed by atoms with van der Waals surface area (Å²) in [5, 5.41) is 9.94. The fraction of sp³-hybridized carbons (Fsp3) is 0.0588. The van der Waals surface area contributed by atoms with E-state index in [-0.39, 0.29) is 10.8 Å². The van der Waals surface area contributed by atoms with Crippen LogP contribution in [0, 0.1) is 0 Å². The van der Waals surface area contributed by atoms with Crippen LogP contribution in [0.3, 0.4) is 0 Å². The van der Waals surface area contributed by atoms with Crippen LogP contribution in [-0.4, -0.2) is 19.9 Å². The van der Waals surface area contributed by atoms with E-state index in [0.29, 0.717) is 0 Å². The average Bonchev–Trinajstić information content (AvgIpc) is 1.55. The van der Waals surface area contributed by atoms with Crippen LogP contribution in [0.5, 0.6) is 0 Å². The molecule has 0 saturated heterocycles. The maximum atomic E-state index is 5.39. The Morgan fingerprint density at radius 2 is 0.443 bits per heavy atom. The molecule has 2 aliphatic carbocycles. The first-order chi connectivity index (χ1) is 52.1. The van der Waals surface area contributed by atoms with Gasteiger partial charge in [-0.3, -0.25) is 0 Å². The molecule has 0 radical (unpaired) electrons. The molecule has 2 heterocycles. The predicted octanol–water partition coefficient (Wildman–Crippen LogP) is 26.8. The molecule has 4 nitrogen and oxygen atoms in total. The topological polar surface area (TPSA) is 51.6 Å². The van der Waals surface area contributed by atoms with Gasteiger partial charge in [0.1, 0.15) is 0 Å². The molecule has 0 bridgehead atoms. The third-order valence-corrected chi connectivity index (χ3v) is 22.1. The lowest BCUT2D eigenvalue weighted by Crippen LogP contribution is -2.17. The number of benzene rings is 16. The van der Waals surface area contributed by atoms with Crippen molar-refractivity contribution < 1.29 is 0 Å². The molecule has 0 fully saturated rings. The van der Waals surface area contributed by atoms with E-state index >= 15 is 0 Å². The maximum Gasteiger partial charge on any atom is 0.160 e. The van der Waals surface area contributed by atoms with Gasteiger partial charge < -0.3 is 0 Å².